The lowest BCUT2D eigenvalue weighted by atomic mass is 10.1. The van der Waals surface area contributed by atoms with Gasteiger partial charge in [-0.15, -0.1) is 0 Å². The molecule has 0 aliphatic heterocycles. The van der Waals surface area contributed by atoms with Crippen LogP contribution < -0.4 is 0 Å². The summed E-state index contributed by atoms with van der Waals surface area (Å²) in [6, 6.07) is 0. The fourth-order valence-electron chi connectivity index (χ4n) is 1.02. The molecule has 18 heavy (non-hydrogen) atoms. The van der Waals surface area contributed by atoms with Crippen LogP contribution in [0.5, 0.6) is 0 Å². The molecule has 0 saturated heterocycles. The minimum absolute atomic E-state index is 0.664. The van der Waals surface area contributed by atoms with Gasteiger partial charge in [-0.25, -0.2) is 0 Å². The Balaban J connectivity index is 0. The standard InChI is InChI=1S/C10H18.C8H16/c1-9(2)7-5-6-8-10(3)4;1-7(2)5-6-8(3)4/h5-10H,1-4H3;5-8H,1-4H3/b7-5+,8-6+;6-5+. The van der Waals surface area contributed by atoms with Crippen LogP contribution in [0.15, 0.2) is 36.5 Å². The number of rotatable bonds is 5. The topological polar surface area (TPSA) is 0 Å². The van der Waals surface area contributed by atoms with Crippen LogP contribution in [0.4, 0.5) is 0 Å². The van der Waals surface area contributed by atoms with Crippen molar-refractivity contribution in [1.29, 1.82) is 0 Å². The average Bonchev–Trinajstić information content (AvgIpc) is 2.22. The summed E-state index contributed by atoms with van der Waals surface area (Å²) in [6.07, 6.45) is 13.1. The van der Waals surface area contributed by atoms with Crippen molar-refractivity contribution in [2.75, 3.05) is 0 Å². The summed E-state index contributed by atoms with van der Waals surface area (Å²) in [5.74, 6) is 2.74. The first-order valence-electron chi connectivity index (χ1n) is 7.29. The van der Waals surface area contributed by atoms with Crippen LogP contribution in [0.1, 0.15) is 55.4 Å². The third-order valence-corrected chi connectivity index (χ3v) is 1.98. The van der Waals surface area contributed by atoms with Gasteiger partial charge in [-0.2, -0.15) is 0 Å². The maximum absolute atomic E-state index is 2.24. The molecule has 0 unspecified atom stereocenters. The van der Waals surface area contributed by atoms with Crippen molar-refractivity contribution >= 4 is 0 Å². The quantitative estimate of drug-likeness (QED) is 0.399. The minimum atomic E-state index is 0.664. The molecule has 0 aromatic heterocycles. The van der Waals surface area contributed by atoms with Crippen molar-refractivity contribution in [3.63, 3.8) is 0 Å². The summed E-state index contributed by atoms with van der Waals surface area (Å²) in [5.41, 5.74) is 0. The van der Waals surface area contributed by atoms with Crippen LogP contribution in [0.3, 0.4) is 0 Å². The van der Waals surface area contributed by atoms with Crippen LogP contribution in [0.2, 0.25) is 0 Å². The number of hydrogen-bond acceptors (Lipinski definition) is 0. The Hall–Kier alpha value is -0.780. The van der Waals surface area contributed by atoms with Gasteiger partial charge >= 0.3 is 0 Å². The Morgan fingerprint density at radius 1 is 0.389 bits per heavy atom. The molecular formula is C18H34. The highest BCUT2D eigenvalue weighted by Crippen LogP contribution is 1.99. The van der Waals surface area contributed by atoms with Gasteiger partial charge in [0.25, 0.3) is 0 Å². The summed E-state index contributed by atoms with van der Waals surface area (Å²) in [4.78, 5) is 0. The van der Waals surface area contributed by atoms with E-state index in [9.17, 15) is 0 Å². The van der Waals surface area contributed by atoms with Crippen LogP contribution in [-0.2, 0) is 0 Å². The molecule has 0 nitrogen and oxygen atoms in total. The Morgan fingerprint density at radius 2 is 0.611 bits per heavy atom. The lowest BCUT2D eigenvalue weighted by Crippen LogP contribution is -1.81. The van der Waals surface area contributed by atoms with Crippen molar-refractivity contribution in [3.05, 3.63) is 36.5 Å². The second-order valence-electron chi connectivity index (χ2n) is 6.13. The van der Waals surface area contributed by atoms with E-state index in [0.29, 0.717) is 23.7 Å². The molecule has 0 atom stereocenters. The van der Waals surface area contributed by atoms with E-state index in [1.807, 2.05) is 0 Å². The maximum atomic E-state index is 2.24. The molecule has 0 aromatic rings. The zero-order chi connectivity index (χ0) is 14.6. The molecule has 0 aliphatic carbocycles. The second-order valence-corrected chi connectivity index (χ2v) is 6.13. The zero-order valence-corrected chi connectivity index (χ0v) is 13.8. The van der Waals surface area contributed by atoms with Gasteiger partial charge in [0.1, 0.15) is 0 Å². The molecule has 0 N–H and O–H groups in total. The van der Waals surface area contributed by atoms with E-state index in [2.05, 4.69) is 91.8 Å². The molecule has 0 rings (SSSR count). The van der Waals surface area contributed by atoms with Gasteiger partial charge in [-0.05, 0) is 23.7 Å². The summed E-state index contributed by atoms with van der Waals surface area (Å²) in [7, 11) is 0. The smallest absolute Gasteiger partial charge is 0.0287 e. The first-order chi connectivity index (χ1) is 8.25. The predicted molar refractivity (Wildman–Crippen MR) is 86.8 cm³/mol. The van der Waals surface area contributed by atoms with Gasteiger partial charge in [0.2, 0.25) is 0 Å². The van der Waals surface area contributed by atoms with Crippen molar-refractivity contribution in [2.24, 2.45) is 23.7 Å². The monoisotopic (exact) mass is 250 g/mol. The normalized spacial score (nSPS) is 12.7. The molecule has 0 spiro atoms. The van der Waals surface area contributed by atoms with E-state index < -0.39 is 0 Å². The Morgan fingerprint density at radius 3 is 0.778 bits per heavy atom. The lowest BCUT2D eigenvalue weighted by Gasteiger charge is -1.95. The van der Waals surface area contributed by atoms with Gasteiger partial charge in [0, 0.05) is 0 Å². The van der Waals surface area contributed by atoms with Crippen LogP contribution in [0.25, 0.3) is 0 Å². The molecule has 0 bridgehead atoms. The summed E-state index contributed by atoms with van der Waals surface area (Å²) >= 11 is 0. The molecule has 0 amide bonds. The first kappa shape index (κ1) is 19.6. The fraction of sp³-hybridized carbons (Fsp3) is 0.667. The van der Waals surface area contributed by atoms with Crippen LogP contribution in [-0.4, -0.2) is 0 Å². The molecule has 0 heteroatoms. The van der Waals surface area contributed by atoms with Gasteiger partial charge in [0.15, 0.2) is 0 Å². The maximum Gasteiger partial charge on any atom is -0.0287 e. The molecule has 0 aliphatic rings. The van der Waals surface area contributed by atoms with Gasteiger partial charge < -0.3 is 0 Å². The van der Waals surface area contributed by atoms with Gasteiger partial charge in [-0.3, -0.25) is 0 Å². The van der Waals surface area contributed by atoms with Crippen molar-refractivity contribution in [2.45, 2.75) is 55.4 Å². The Bertz CT molecular complexity index is 211. The van der Waals surface area contributed by atoms with Crippen LogP contribution in [0, 0.1) is 23.7 Å². The SMILES string of the molecule is CC(C)/C=C/C(C)C.CC(C)/C=C/C=C/C(C)C. The molecular weight excluding hydrogens is 216 g/mol. The fourth-order valence-corrected chi connectivity index (χ4v) is 1.02. The molecule has 0 saturated carbocycles. The molecule has 0 aromatic carbocycles. The third-order valence-electron chi connectivity index (χ3n) is 1.98. The molecule has 106 valence electrons. The highest BCUT2D eigenvalue weighted by molar-refractivity contribution is 5.04. The molecule has 0 fully saturated rings. The summed E-state index contributed by atoms with van der Waals surface area (Å²) in [6.45, 7) is 17.5. The number of hydrogen-bond donors (Lipinski definition) is 0. The van der Waals surface area contributed by atoms with Gasteiger partial charge in [0.05, 0.1) is 0 Å². The largest absolute Gasteiger partial charge is 0.0857 e. The minimum Gasteiger partial charge on any atom is -0.0857 e. The average molecular weight is 250 g/mol. The number of allylic oxidation sites excluding steroid dienone is 6. The van der Waals surface area contributed by atoms with Crippen molar-refractivity contribution in [1.82, 2.24) is 0 Å². The van der Waals surface area contributed by atoms with E-state index in [0.717, 1.165) is 0 Å². The summed E-state index contributed by atoms with van der Waals surface area (Å²) < 4.78 is 0. The molecule has 0 radical (unpaired) electrons. The molecule has 0 heterocycles. The summed E-state index contributed by atoms with van der Waals surface area (Å²) in [5, 5.41) is 0. The predicted octanol–water partition coefficient (Wildman–Crippen LogP) is 6.27. The van der Waals surface area contributed by atoms with Crippen LogP contribution >= 0.6 is 0 Å². The highest BCUT2D eigenvalue weighted by Gasteiger charge is 1.85. The van der Waals surface area contributed by atoms with E-state index >= 15 is 0 Å². The third kappa shape index (κ3) is 24.4. The van der Waals surface area contributed by atoms with E-state index in [-0.39, 0.29) is 0 Å². The van der Waals surface area contributed by atoms with E-state index in [1.165, 1.54) is 0 Å². The highest BCUT2D eigenvalue weighted by atomic mass is 13.9. The van der Waals surface area contributed by atoms with Crippen molar-refractivity contribution in [3.8, 4) is 0 Å². The van der Waals surface area contributed by atoms with Crippen molar-refractivity contribution < 1.29 is 0 Å². The van der Waals surface area contributed by atoms with Gasteiger partial charge in [-0.1, -0.05) is 91.8 Å². The zero-order valence-electron chi connectivity index (χ0n) is 13.8. The van der Waals surface area contributed by atoms with E-state index in [1.54, 1.807) is 0 Å². The second kappa shape index (κ2) is 12.7. The Labute approximate surface area is 116 Å². The first-order valence-corrected chi connectivity index (χ1v) is 7.29. The lowest BCUT2D eigenvalue weighted by molar-refractivity contribution is 0.780. The van der Waals surface area contributed by atoms with E-state index in [4.69, 9.17) is 0 Å². The Kier molecular flexibility index (Phi) is 13.8.